The maximum Gasteiger partial charge on any atom is 0.387 e. The van der Waals surface area contributed by atoms with Crippen molar-refractivity contribution in [3.05, 3.63) is 24.3 Å². The maximum absolute atomic E-state index is 12.3. The van der Waals surface area contributed by atoms with Crippen molar-refractivity contribution in [1.82, 2.24) is 5.32 Å². The lowest BCUT2D eigenvalue weighted by Crippen LogP contribution is -2.49. The Balaban J connectivity index is 1.87. The summed E-state index contributed by atoms with van der Waals surface area (Å²) in [5.74, 6) is 1.14. The summed E-state index contributed by atoms with van der Waals surface area (Å²) < 4.78 is 28.5. The Labute approximate surface area is 142 Å². The molecule has 6 heteroatoms. The quantitative estimate of drug-likeness (QED) is 0.822. The van der Waals surface area contributed by atoms with Crippen molar-refractivity contribution in [2.24, 2.45) is 11.8 Å². The van der Waals surface area contributed by atoms with Crippen molar-refractivity contribution in [2.75, 3.05) is 5.32 Å². The number of rotatable bonds is 6. The Hall–Kier alpha value is -1.69. The standard InChI is InChI=1S/C18H26F2N2O2/c1-11-5-4-6-16(12(11)2)21-13(3)17(23)22-14-7-9-15(10-8-14)24-18(19)20/h7-13,16,18,21H,4-6H2,1-3H3,(H,22,23). The zero-order chi connectivity index (χ0) is 17.7. The van der Waals surface area contributed by atoms with Gasteiger partial charge in [0.25, 0.3) is 0 Å². The van der Waals surface area contributed by atoms with E-state index in [1.54, 1.807) is 12.1 Å². The van der Waals surface area contributed by atoms with E-state index in [9.17, 15) is 13.6 Å². The molecular weight excluding hydrogens is 314 g/mol. The number of benzene rings is 1. The van der Waals surface area contributed by atoms with E-state index in [1.165, 1.54) is 25.0 Å². The molecule has 4 atom stereocenters. The van der Waals surface area contributed by atoms with Gasteiger partial charge in [-0.3, -0.25) is 4.79 Å². The minimum Gasteiger partial charge on any atom is -0.435 e. The van der Waals surface area contributed by atoms with Gasteiger partial charge in [0.05, 0.1) is 6.04 Å². The van der Waals surface area contributed by atoms with Crippen LogP contribution in [0.15, 0.2) is 24.3 Å². The third-order valence-corrected chi connectivity index (χ3v) is 4.91. The van der Waals surface area contributed by atoms with Crippen LogP contribution in [0.25, 0.3) is 0 Å². The van der Waals surface area contributed by atoms with Crippen molar-refractivity contribution in [3.63, 3.8) is 0 Å². The lowest BCUT2D eigenvalue weighted by Gasteiger charge is -2.36. The number of amides is 1. The van der Waals surface area contributed by atoms with E-state index in [-0.39, 0.29) is 17.7 Å². The normalized spacial score (nSPS) is 25.3. The summed E-state index contributed by atoms with van der Waals surface area (Å²) >= 11 is 0. The van der Waals surface area contributed by atoms with E-state index in [0.717, 1.165) is 6.42 Å². The van der Waals surface area contributed by atoms with E-state index in [1.807, 2.05) is 6.92 Å². The Kier molecular flexibility index (Phi) is 6.54. The van der Waals surface area contributed by atoms with E-state index in [2.05, 4.69) is 29.2 Å². The first-order valence-electron chi connectivity index (χ1n) is 8.48. The molecule has 0 aliphatic heterocycles. The minimum absolute atomic E-state index is 0.0687. The number of halogens is 2. The van der Waals surface area contributed by atoms with Crippen LogP contribution < -0.4 is 15.4 Å². The van der Waals surface area contributed by atoms with Crippen LogP contribution >= 0.6 is 0 Å². The van der Waals surface area contributed by atoms with Gasteiger partial charge in [0, 0.05) is 11.7 Å². The van der Waals surface area contributed by atoms with Crippen LogP contribution in [0.2, 0.25) is 0 Å². The van der Waals surface area contributed by atoms with Crippen molar-refractivity contribution >= 4 is 11.6 Å². The third-order valence-electron chi connectivity index (χ3n) is 4.91. The van der Waals surface area contributed by atoms with Crippen LogP contribution in [0, 0.1) is 11.8 Å². The van der Waals surface area contributed by atoms with Gasteiger partial charge < -0.3 is 15.4 Å². The highest BCUT2D eigenvalue weighted by molar-refractivity contribution is 5.94. The van der Waals surface area contributed by atoms with Gasteiger partial charge in [-0.05, 0) is 49.4 Å². The summed E-state index contributed by atoms with van der Waals surface area (Å²) in [5, 5.41) is 6.21. The number of carbonyl (C=O) groups excluding carboxylic acids is 1. The molecule has 2 N–H and O–H groups in total. The molecule has 0 spiro atoms. The molecule has 1 aromatic carbocycles. The number of hydrogen-bond acceptors (Lipinski definition) is 3. The van der Waals surface area contributed by atoms with Crippen molar-refractivity contribution in [2.45, 2.75) is 58.7 Å². The van der Waals surface area contributed by atoms with Crippen LogP contribution in [0.1, 0.15) is 40.0 Å². The molecule has 4 nitrogen and oxygen atoms in total. The summed E-state index contributed by atoms with van der Waals surface area (Å²) in [6.45, 7) is 3.48. The molecule has 2 rings (SSSR count). The fraction of sp³-hybridized carbons (Fsp3) is 0.611. The lowest BCUT2D eigenvalue weighted by atomic mass is 9.78. The number of anilines is 1. The lowest BCUT2D eigenvalue weighted by molar-refractivity contribution is -0.118. The summed E-state index contributed by atoms with van der Waals surface area (Å²) in [4.78, 5) is 12.3. The Bertz CT molecular complexity index is 536. The fourth-order valence-corrected chi connectivity index (χ4v) is 3.18. The van der Waals surface area contributed by atoms with E-state index in [4.69, 9.17) is 0 Å². The molecule has 0 heterocycles. The molecule has 134 valence electrons. The summed E-state index contributed by atoms with van der Waals surface area (Å²) in [6.07, 6.45) is 3.51. The SMILES string of the molecule is CC(NC1CCCC(C)C1C)C(=O)Nc1ccc(OC(F)F)cc1. The van der Waals surface area contributed by atoms with Gasteiger partial charge in [-0.1, -0.05) is 26.7 Å². The molecule has 1 aliphatic carbocycles. The second kappa shape index (κ2) is 8.42. The average molecular weight is 340 g/mol. The first kappa shape index (κ1) is 18.6. The summed E-state index contributed by atoms with van der Waals surface area (Å²) in [7, 11) is 0. The van der Waals surface area contributed by atoms with Gasteiger partial charge >= 0.3 is 6.61 Å². The molecule has 24 heavy (non-hydrogen) atoms. The number of carbonyl (C=O) groups is 1. The third kappa shape index (κ3) is 5.16. The van der Waals surface area contributed by atoms with Crippen LogP contribution in [-0.4, -0.2) is 24.6 Å². The first-order valence-corrected chi connectivity index (χ1v) is 8.48. The zero-order valence-electron chi connectivity index (χ0n) is 14.4. The largest absolute Gasteiger partial charge is 0.435 e. The molecule has 0 bridgehead atoms. The highest BCUT2D eigenvalue weighted by Crippen LogP contribution is 2.29. The van der Waals surface area contributed by atoms with Gasteiger partial charge in [0.1, 0.15) is 5.75 Å². The first-order chi connectivity index (χ1) is 11.4. The fourth-order valence-electron chi connectivity index (χ4n) is 3.18. The maximum atomic E-state index is 12.3. The molecule has 4 unspecified atom stereocenters. The Morgan fingerprint density at radius 3 is 2.50 bits per heavy atom. The second-order valence-electron chi connectivity index (χ2n) is 6.65. The van der Waals surface area contributed by atoms with E-state index >= 15 is 0 Å². The Morgan fingerprint density at radius 1 is 1.21 bits per heavy atom. The van der Waals surface area contributed by atoms with Gasteiger partial charge in [-0.15, -0.1) is 0 Å². The molecule has 0 radical (unpaired) electrons. The van der Waals surface area contributed by atoms with Gasteiger partial charge in [0.15, 0.2) is 0 Å². The molecule has 1 fully saturated rings. The average Bonchev–Trinajstić information content (AvgIpc) is 2.53. The second-order valence-corrected chi connectivity index (χ2v) is 6.65. The molecule has 1 saturated carbocycles. The van der Waals surface area contributed by atoms with E-state index in [0.29, 0.717) is 23.6 Å². The number of alkyl halides is 2. The molecule has 1 amide bonds. The van der Waals surface area contributed by atoms with Crippen LogP contribution in [0.5, 0.6) is 5.75 Å². The number of hydrogen-bond donors (Lipinski definition) is 2. The summed E-state index contributed by atoms with van der Waals surface area (Å²) in [5.41, 5.74) is 0.556. The zero-order valence-corrected chi connectivity index (χ0v) is 14.4. The van der Waals surface area contributed by atoms with Gasteiger partial charge in [0.2, 0.25) is 5.91 Å². The van der Waals surface area contributed by atoms with Crippen LogP contribution in [0.4, 0.5) is 14.5 Å². The molecule has 0 aromatic heterocycles. The number of nitrogens with one attached hydrogen (secondary N) is 2. The topological polar surface area (TPSA) is 50.4 Å². The van der Waals surface area contributed by atoms with Gasteiger partial charge in [-0.25, -0.2) is 0 Å². The van der Waals surface area contributed by atoms with Crippen LogP contribution in [-0.2, 0) is 4.79 Å². The highest BCUT2D eigenvalue weighted by atomic mass is 19.3. The van der Waals surface area contributed by atoms with Gasteiger partial charge in [-0.2, -0.15) is 8.78 Å². The molecule has 0 saturated heterocycles. The highest BCUT2D eigenvalue weighted by Gasteiger charge is 2.29. The molecular formula is C18H26F2N2O2. The number of ether oxygens (including phenoxy) is 1. The van der Waals surface area contributed by atoms with Crippen molar-refractivity contribution in [3.8, 4) is 5.75 Å². The van der Waals surface area contributed by atoms with Crippen molar-refractivity contribution in [1.29, 1.82) is 0 Å². The summed E-state index contributed by atoms with van der Waals surface area (Å²) in [6, 6.07) is 5.94. The molecule has 1 aliphatic rings. The minimum atomic E-state index is -2.85. The smallest absolute Gasteiger partial charge is 0.387 e. The predicted octanol–water partition coefficient (Wildman–Crippen LogP) is 4.03. The van der Waals surface area contributed by atoms with Crippen molar-refractivity contribution < 1.29 is 18.3 Å². The molecule has 1 aromatic rings. The Morgan fingerprint density at radius 2 is 1.88 bits per heavy atom. The monoisotopic (exact) mass is 340 g/mol. The van der Waals surface area contributed by atoms with Crippen LogP contribution in [0.3, 0.4) is 0 Å². The van der Waals surface area contributed by atoms with E-state index < -0.39 is 6.61 Å². The predicted molar refractivity (Wildman–Crippen MR) is 90.3 cm³/mol.